The molecule has 0 amide bonds. The molecule has 1 aliphatic heterocycles. The lowest BCUT2D eigenvalue weighted by Crippen LogP contribution is -2.39. The first-order chi connectivity index (χ1) is 5.18. The van der Waals surface area contributed by atoms with Gasteiger partial charge in [0.05, 0.1) is 0 Å². The first kappa shape index (κ1) is 7.60. The Hall–Kier alpha value is -0.0400. The summed E-state index contributed by atoms with van der Waals surface area (Å²) in [5.41, 5.74) is 0. The van der Waals surface area contributed by atoms with Crippen molar-refractivity contribution in [3.63, 3.8) is 0 Å². The van der Waals surface area contributed by atoms with Gasteiger partial charge < -0.3 is 0 Å². The van der Waals surface area contributed by atoms with Crippen molar-refractivity contribution >= 4 is 0 Å². The first-order valence-electron chi connectivity index (χ1n) is 4.94. The van der Waals surface area contributed by atoms with Crippen LogP contribution in [0.3, 0.4) is 0 Å². The van der Waals surface area contributed by atoms with E-state index >= 15 is 0 Å². The van der Waals surface area contributed by atoms with E-state index in [4.69, 9.17) is 0 Å². The molecule has 2 aliphatic rings. The predicted molar refractivity (Wildman–Crippen MR) is 47.5 cm³/mol. The topological polar surface area (TPSA) is 3.24 Å². The maximum atomic E-state index is 2.69. The molecule has 2 rings (SSSR count). The van der Waals surface area contributed by atoms with Gasteiger partial charge in [0.2, 0.25) is 0 Å². The molecule has 1 heteroatoms. The normalized spacial score (nSPS) is 44.2. The second-order valence-electron chi connectivity index (χ2n) is 4.65. The van der Waals surface area contributed by atoms with Gasteiger partial charge in [-0.25, -0.2) is 0 Å². The molecule has 0 aromatic heterocycles. The molecular weight excluding hydrogens is 134 g/mol. The van der Waals surface area contributed by atoms with Crippen LogP contribution in [0.2, 0.25) is 0 Å². The number of hydrogen-bond acceptors (Lipinski definition) is 1. The fourth-order valence-electron chi connectivity index (χ4n) is 2.88. The summed E-state index contributed by atoms with van der Waals surface area (Å²) in [7, 11) is 0. The lowest BCUT2D eigenvalue weighted by atomic mass is 9.96. The predicted octanol–water partition coefficient (Wildman–Crippen LogP) is 2.13. The Balaban J connectivity index is 2.02. The number of likely N-dealkylation sites (tertiary alicyclic amines) is 1. The highest BCUT2D eigenvalue weighted by molar-refractivity contribution is 4.96. The lowest BCUT2D eigenvalue weighted by molar-refractivity contribution is 0.145. The number of piperidine rings is 1. The van der Waals surface area contributed by atoms with Gasteiger partial charge in [-0.3, -0.25) is 4.90 Å². The van der Waals surface area contributed by atoms with Crippen LogP contribution >= 0.6 is 0 Å². The van der Waals surface area contributed by atoms with Crippen LogP contribution in [-0.2, 0) is 0 Å². The highest BCUT2D eigenvalue weighted by Crippen LogP contribution is 2.42. The summed E-state index contributed by atoms with van der Waals surface area (Å²) in [6, 6.07) is 1.72. The molecule has 1 saturated carbocycles. The number of nitrogens with zero attached hydrogens (tertiary/aromatic N) is 1. The van der Waals surface area contributed by atoms with Crippen LogP contribution < -0.4 is 0 Å². The Kier molecular flexibility index (Phi) is 1.71. The van der Waals surface area contributed by atoms with E-state index in [9.17, 15) is 0 Å². The summed E-state index contributed by atoms with van der Waals surface area (Å²) in [6.45, 7) is 8.45. The van der Waals surface area contributed by atoms with Gasteiger partial charge in [-0.05, 0) is 38.5 Å². The molecule has 2 bridgehead atoms. The van der Waals surface area contributed by atoms with Crippen molar-refractivity contribution in [2.75, 3.05) is 6.54 Å². The zero-order valence-corrected chi connectivity index (χ0v) is 7.88. The Bertz CT molecular complexity index is 151. The van der Waals surface area contributed by atoms with E-state index in [-0.39, 0.29) is 0 Å². The highest BCUT2D eigenvalue weighted by Gasteiger charge is 2.42. The summed E-state index contributed by atoms with van der Waals surface area (Å²) in [5.74, 6) is 2.04. The van der Waals surface area contributed by atoms with Gasteiger partial charge in [0, 0.05) is 18.6 Å². The maximum absolute atomic E-state index is 2.69. The minimum absolute atomic E-state index is 0.775. The molecule has 1 saturated heterocycles. The van der Waals surface area contributed by atoms with Gasteiger partial charge in [0.1, 0.15) is 0 Å². The third-order valence-electron chi connectivity index (χ3n) is 3.60. The summed E-state index contributed by atoms with van der Waals surface area (Å²) >= 11 is 0. The third kappa shape index (κ3) is 1.10. The average molecular weight is 153 g/mol. The summed E-state index contributed by atoms with van der Waals surface area (Å²) in [6.07, 6.45) is 2.95. The smallest absolute Gasteiger partial charge is 0.0104 e. The average Bonchev–Trinajstić information content (AvgIpc) is 2.43. The van der Waals surface area contributed by atoms with E-state index in [2.05, 4.69) is 25.7 Å². The van der Waals surface area contributed by atoms with Crippen molar-refractivity contribution in [3.05, 3.63) is 0 Å². The van der Waals surface area contributed by atoms with Crippen LogP contribution in [0.25, 0.3) is 0 Å². The van der Waals surface area contributed by atoms with Crippen LogP contribution in [0.15, 0.2) is 0 Å². The Morgan fingerprint density at radius 3 is 2.36 bits per heavy atom. The molecule has 1 heterocycles. The minimum Gasteiger partial charge on any atom is -0.298 e. The number of rotatable bonds is 1. The Morgan fingerprint density at radius 2 is 2.00 bits per heavy atom. The zero-order valence-electron chi connectivity index (χ0n) is 7.88. The van der Waals surface area contributed by atoms with Gasteiger partial charge in [0.15, 0.2) is 0 Å². The van der Waals surface area contributed by atoms with Gasteiger partial charge in [-0.2, -0.15) is 0 Å². The van der Waals surface area contributed by atoms with E-state index in [0.29, 0.717) is 0 Å². The standard InChI is InChI=1S/C10H19N/c1-7(2)11-6-9-5-10(11)4-8(9)3/h7-10H,4-6H2,1-3H3/t8-,9?,10?/m1/s1. The summed E-state index contributed by atoms with van der Waals surface area (Å²) in [5, 5.41) is 0. The van der Waals surface area contributed by atoms with Crippen molar-refractivity contribution < 1.29 is 0 Å². The van der Waals surface area contributed by atoms with Crippen molar-refractivity contribution in [2.45, 2.75) is 45.7 Å². The van der Waals surface area contributed by atoms with Crippen molar-refractivity contribution in [1.82, 2.24) is 4.90 Å². The quantitative estimate of drug-likeness (QED) is 0.558. The second-order valence-corrected chi connectivity index (χ2v) is 4.65. The lowest BCUT2D eigenvalue weighted by Gasteiger charge is -2.32. The zero-order chi connectivity index (χ0) is 8.01. The molecule has 1 nitrogen and oxygen atoms in total. The number of fused-ring (bicyclic) bond motifs is 2. The van der Waals surface area contributed by atoms with Crippen LogP contribution in [0.5, 0.6) is 0 Å². The monoisotopic (exact) mass is 153 g/mol. The number of hydrogen-bond donors (Lipinski definition) is 0. The SMILES string of the molecule is CC(C)N1CC2CC1C[C@H]2C. The molecule has 1 aliphatic carbocycles. The maximum Gasteiger partial charge on any atom is 0.0104 e. The molecular formula is C10H19N. The van der Waals surface area contributed by atoms with Crippen LogP contribution in [0.4, 0.5) is 0 Å². The second kappa shape index (κ2) is 2.48. The van der Waals surface area contributed by atoms with Gasteiger partial charge in [-0.1, -0.05) is 6.92 Å². The molecule has 64 valence electrons. The molecule has 11 heavy (non-hydrogen) atoms. The van der Waals surface area contributed by atoms with E-state index in [1.807, 2.05) is 0 Å². The van der Waals surface area contributed by atoms with Gasteiger partial charge >= 0.3 is 0 Å². The summed E-state index contributed by atoms with van der Waals surface area (Å²) < 4.78 is 0. The molecule has 2 fully saturated rings. The minimum atomic E-state index is 0.775. The van der Waals surface area contributed by atoms with Crippen LogP contribution in [-0.4, -0.2) is 23.5 Å². The summed E-state index contributed by atoms with van der Waals surface area (Å²) in [4.78, 5) is 2.69. The molecule has 3 atom stereocenters. The van der Waals surface area contributed by atoms with E-state index in [1.165, 1.54) is 19.4 Å². The molecule has 0 aromatic rings. The molecule has 0 spiro atoms. The largest absolute Gasteiger partial charge is 0.298 e. The van der Waals surface area contributed by atoms with Gasteiger partial charge in [0.25, 0.3) is 0 Å². The van der Waals surface area contributed by atoms with E-state index in [1.54, 1.807) is 0 Å². The fraction of sp³-hybridized carbons (Fsp3) is 1.00. The highest BCUT2D eigenvalue weighted by atomic mass is 15.2. The Morgan fingerprint density at radius 1 is 1.27 bits per heavy atom. The van der Waals surface area contributed by atoms with Crippen molar-refractivity contribution in [1.29, 1.82) is 0 Å². The Labute approximate surface area is 69.8 Å². The van der Waals surface area contributed by atoms with E-state index < -0.39 is 0 Å². The third-order valence-corrected chi connectivity index (χ3v) is 3.60. The van der Waals surface area contributed by atoms with Gasteiger partial charge in [-0.15, -0.1) is 0 Å². The first-order valence-corrected chi connectivity index (χ1v) is 4.94. The van der Waals surface area contributed by atoms with Crippen LogP contribution in [0, 0.1) is 11.8 Å². The van der Waals surface area contributed by atoms with Crippen molar-refractivity contribution in [2.24, 2.45) is 11.8 Å². The fourth-order valence-corrected chi connectivity index (χ4v) is 2.88. The molecule has 0 N–H and O–H groups in total. The van der Waals surface area contributed by atoms with Crippen molar-refractivity contribution in [3.8, 4) is 0 Å². The van der Waals surface area contributed by atoms with Crippen LogP contribution in [0.1, 0.15) is 33.6 Å². The molecule has 0 aromatic carbocycles. The molecule has 0 radical (unpaired) electrons. The van der Waals surface area contributed by atoms with E-state index in [0.717, 1.165) is 23.9 Å². The molecule has 2 unspecified atom stereocenters.